The predicted octanol–water partition coefficient (Wildman–Crippen LogP) is 4.34. The molecule has 5 nitrogen and oxygen atoms in total. The number of benzene rings is 2. The highest BCUT2D eigenvalue weighted by molar-refractivity contribution is 6.02. The number of hydrogen-bond acceptors (Lipinski definition) is 3. The van der Waals surface area contributed by atoms with E-state index in [1.165, 1.54) is 17.4 Å². The second kappa shape index (κ2) is 7.50. The summed E-state index contributed by atoms with van der Waals surface area (Å²) in [6, 6.07) is 18.4. The van der Waals surface area contributed by atoms with Gasteiger partial charge in [-0.05, 0) is 66.8 Å². The quantitative estimate of drug-likeness (QED) is 0.727. The number of nitrogens with one attached hydrogen (secondary N) is 2. The molecule has 0 radical (unpaired) electrons. The molecule has 136 valence electrons. The van der Waals surface area contributed by atoms with Gasteiger partial charge < -0.3 is 15.1 Å². The number of carbonyl (C=O) groups excluding carboxylic acids is 2. The van der Waals surface area contributed by atoms with Crippen molar-refractivity contribution >= 4 is 17.5 Å². The van der Waals surface area contributed by atoms with Gasteiger partial charge in [-0.25, -0.2) is 0 Å². The lowest BCUT2D eigenvalue weighted by atomic mass is 9.87. The van der Waals surface area contributed by atoms with Crippen molar-refractivity contribution in [2.45, 2.75) is 25.3 Å². The fourth-order valence-electron chi connectivity index (χ4n) is 3.45. The number of anilines is 1. The van der Waals surface area contributed by atoms with Crippen LogP contribution in [0.5, 0.6) is 0 Å². The molecular weight excluding hydrogens is 340 g/mol. The van der Waals surface area contributed by atoms with Gasteiger partial charge in [0, 0.05) is 11.3 Å². The lowest BCUT2D eigenvalue weighted by Gasteiger charge is -2.26. The molecule has 4 rings (SSSR count). The van der Waals surface area contributed by atoms with Gasteiger partial charge in [0.05, 0.1) is 12.3 Å². The topological polar surface area (TPSA) is 71.3 Å². The van der Waals surface area contributed by atoms with E-state index in [4.69, 9.17) is 4.42 Å². The van der Waals surface area contributed by atoms with Crippen molar-refractivity contribution in [1.82, 2.24) is 5.32 Å². The maximum Gasteiger partial charge on any atom is 0.291 e. The van der Waals surface area contributed by atoms with E-state index >= 15 is 0 Å². The van der Waals surface area contributed by atoms with Crippen LogP contribution in [0.4, 0.5) is 5.69 Å². The maximum absolute atomic E-state index is 12.6. The van der Waals surface area contributed by atoms with Gasteiger partial charge in [-0.3, -0.25) is 9.59 Å². The standard InChI is InChI=1S/C22H20N2O3/c25-21(24-19-8-3-6-15-5-1-2-7-18(15)19)16-10-12-17(13-11-16)23-22(26)20-9-4-14-27-20/h1-2,4-5,7,9-14,19H,3,6,8H2,(H,23,26)(H,24,25)/t19-/m1/s1. The van der Waals surface area contributed by atoms with Gasteiger partial charge in [-0.2, -0.15) is 0 Å². The summed E-state index contributed by atoms with van der Waals surface area (Å²) in [5, 5.41) is 5.87. The highest BCUT2D eigenvalue weighted by Crippen LogP contribution is 2.29. The number of aryl methyl sites for hydroxylation is 1. The van der Waals surface area contributed by atoms with Gasteiger partial charge in [0.2, 0.25) is 0 Å². The molecule has 27 heavy (non-hydrogen) atoms. The van der Waals surface area contributed by atoms with Gasteiger partial charge in [-0.1, -0.05) is 24.3 Å². The smallest absolute Gasteiger partial charge is 0.291 e. The fraction of sp³-hybridized carbons (Fsp3) is 0.182. The van der Waals surface area contributed by atoms with E-state index in [9.17, 15) is 9.59 Å². The summed E-state index contributed by atoms with van der Waals surface area (Å²) in [6.07, 6.45) is 4.53. The minimum absolute atomic E-state index is 0.0424. The van der Waals surface area contributed by atoms with Crippen LogP contribution in [-0.4, -0.2) is 11.8 Å². The monoisotopic (exact) mass is 360 g/mol. The zero-order valence-electron chi connectivity index (χ0n) is 14.8. The second-order valence-corrected chi connectivity index (χ2v) is 6.63. The normalized spacial score (nSPS) is 15.6. The van der Waals surface area contributed by atoms with Crippen LogP contribution in [-0.2, 0) is 6.42 Å². The van der Waals surface area contributed by atoms with Crippen LogP contribution >= 0.6 is 0 Å². The van der Waals surface area contributed by atoms with E-state index in [0.29, 0.717) is 11.3 Å². The molecule has 2 N–H and O–H groups in total. The summed E-state index contributed by atoms with van der Waals surface area (Å²) < 4.78 is 5.07. The summed E-state index contributed by atoms with van der Waals surface area (Å²) in [7, 11) is 0. The van der Waals surface area contributed by atoms with Crippen LogP contribution in [0.2, 0.25) is 0 Å². The lowest BCUT2D eigenvalue weighted by Crippen LogP contribution is -2.30. The van der Waals surface area contributed by atoms with E-state index < -0.39 is 0 Å². The summed E-state index contributed by atoms with van der Waals surface area (Å²) >= 11 is 0. The molecule has 1 aromatic heterocycles. The van der Waals surface area contributed by atoms with Crippen LogP contribution < -0.4 is 10.6 Å². The Bertz CT molecular complexity index is 946. The first-order valence-corrected chi connectivity index (χ1v) is 9.04. The van der Waals surface area contributed by atoms with Crippen molar-refractivity contribution in [3.05, 3.63) is 89.4 Å². The van der Waals surface area contributed by atoms with E-state index in [0.717, 1.165) is 19.3 Å². The molecule has 0 unspecified atom stereocenters. The van der Waals surface area contributed by atoms with Crippen LogP contribution in [0.15, 0.2) is 71.3 Å². The van der Waals surface area contributed by atoms with Crippen LogP contribution in [0, 0.1) is 0 Å². The average Bonchev–Trinajstić information content (AvgIpc) is 3.24. The van der Waals surface area contributed by atoms with Crippen LogP contribution in [0.25, 0.3) is 0 Å². The van der Waals surface area contributed by atoms with Gasteiger partial charge >= 0.3 is 0 Å². The Kier molecular flexibility index (Phi) is 4.75. The number of carbonyl (C=O) groups is 2. The summed E-state index contributed by atoms with van der Waals surface area (Å²) in [5.41, 5.74) is 3.69. The summed E-state index contributed by atoms with van der Waals surface area (Å²) in [4.78, 5) is 24.6. The molecule has 1 aliphatic carbocycles. The molecule has 0 bridgehead atoms. The lowest BCUT2D eigenvalue weighted by molar-refractivity contribution is 0.0932. The number of rotatable bonds is 4. The van der Waals surface area contributed by atoms with E-state index in [-0.39, 0.29) is 23.6 Å². The summed E-state index contributed by atoms with van der Waals surface area (Å²) in [6.45, 7) is 0. The number of fused-ring (bicyclic) bond motifs is 1. The first-order chi connectivity index (χ1) is 13.2. The SMILES string of the molecule is O=C(N[C@@H]1CCCc2ccccc21)c1ccc(NC(=O)c2ccco2)cc1. The van der Waals surface area contributed by atoms with Crippen LogP contribution in [0.1, 0.15) is 50.9 Å². The summed E-state index contributed by atoms with van der Waals surface area (Å²) in [5.74, 6) is -0.190. The molecule has 1 atom stereocenters. The fourth-order valence-corrected chi connectivity index (χ4v) is 3.45. The minimum atomic E-state index is -0.323. The second-order valence-electron chi connectivity index (χ2n) is 6.63. The predicted molar refractivity (Wildman–Crippen MR) is 103 cm³/mol. The number of amides is 2. The highest BCUT2D eigenvalue weighted by atomic mass is 16.3. The number of furan rings is 1. The van der Waals surface area contributed by atoms with Crippen molar-refractivity contribution in [2.75, 3.05) is 5.32 Å². The zero-order valence-corrected chi connectivity index (χ0v) is 14.8. The third-order valence-electron chi connectivity index (χ3n) is 4.82. The van der Waals surface area contributed by atoms with E-state index in [1.807, 2.05) is 12.1 Å². The Morgan fingerprint density at radius 1 is 0.926 bits per heavy atom. The third kappa shape index (κ3) is 3.77. The Hall–Kier alpha value is -3.34. The molecular formula is C22H20N2O3. The van der Waals surface area contributed by atoms with Crippen molar-refractivity contribution < 1.29 is 14.0 Å². The molecule has 0 aliphatic heterocycles. The maximum atomic E-state index is 12.6. The van der Waals surface area contributed by atoms with Crippen molar-refractivity contribution in [3.63, 3.8) is 0 Å². The molecule has 1 heterocycles. The van der Waals surface area contributed by atoms with Gasteiger partial charge in [0.15, 0.2) is 5.76 Å². The molecule has 0 saturated carbocycles. The third-order valence-corrected chi connectivity index (χ3v) is 4.82. The minimum Gasteiger partial charge on any atom is -0.459 e. The molecule has 1 aliphatic rings. The van der Waals surface area contributed by atoms with Gasteiger partial charge in [0.25, 0.3) is 11.8 Å². The molecule has 3 aromatic rings. The first kappa shape index (κ1) is 17.1. The largest absolute Gasteiger partial charge is 0.459 e. The van der Waals surface area contributed by atoms with Crippen molar-refractivity contribution in [1.29, 1.82) is 0 Å². The average molecular weight is 360 g/mol. The van der Waals surface area contributed by atoms with Gasteiger partial charge in [0.1, 0.15) is 0 Å². The van der Waals surface area contributed by atoms with E-state index in [2.05, 4.69) is 22.8 Å². The highest BCUT2D eigenvalue weighted by Gasteiger charge is 2.21. The molecule has 2 aromatic carbocycles. The van der Waals surface area contributed by atoms with Crippen LogP contribution in [0.3, 0.4) is 0 Å². The first-order valence-electron chi connectivity index (χ1n) is 9.04. The molecule has 0 spiro atoms. The molecule has 5 heteroatoms. The number of hydrogen-bond donors (Lipinski definition) is 2. The Labute approximate surface area is 157 Å². The molecule has 0 saturated heterocycles. The molecule has 2 amide bonds. The Balaban J connectivity index is 1.42. The zero-order chi connectivity index (χ0) is 18.6. The van der Waals surface area contributed by atoms with Gasteiger partial charge in [-0.15, -0.1) is 0 Å². The Morgan fingerprint density at radius 2 is 1.74 bits per heavy atom. The van der Waals surface area contributed by atoms with E-state index in [1.54, 1.807) is 36.4 Å². The van der Waals surface area contributed by atoms with Crippen molar-refractivity contribution in [2.24, 2.45) is 0 Å². The molecule has 0 fully saturated rings. The Morgan fingerprint density at radius 3 is 2.52 bits per heavy atom. The van der Waals surface area contributed by atoms with Crippen molar-refractivity contribution in [3.8, 4) is 0 Å².